The first-order valence-electron chi connectivity index (χ1n) is 6.73. The maximum absolute atomic E-state index is 5.96. The smallest absolute Gasteiger partial charge is 0.226 e. The van der Waals surface area contributed by atoms with Gasteiger partial charge in [-0.15, -0.1) is 0 Å². The Kier molecular flexibility index (Phi) is 4.24. The molecule has 0 aliphatic heterocycles. The molecular weight excluding hydrogens is 262 g/mol. The van der Waals surface area contributed by atoms with Gasteiger partial charge in [-0.3, -0.25) is 0 Å². The Balaban J connectivity index is 2.55. The van der Waals surface area contributed by atoms with Crippen LogP contribution in [0.4, 0.5) is 5.82 Å². The summed E-state index contributed by atoms with van der Waals surface area (Å²) >= 11 is 5.96. The molecule has 0 aromatic carbocycles. The maximum atomic E-state index is 5.96. The number of anilines is 1. The Morgan fingerprint density at radius 3 is 2.63 bits per heavy atom. The Labute approximate surface area is 118 Å². The zero-order chi connectivity index (χ0) is 14.0. The van der Waals surface area contributed by atoms with E-state index in [9.17, 15) is 0 Å². The molecule has 0 bridgehead atoms. The van der Waals surface area contributed by atoms with Gasteiger partial charge in [-0.1, -0.05) is 13.8 Å². The van der Waals surface area contributed by atoms with Crippen LogP contribution in [0, 0.1) is 0 Å². The summed E-state index contributed by atoms with van der Waals surface area (Å²) in [7, 11) is 0. The maximum Gasteiger partial charge on any atom is 0.226 e. The first kappa shape index (κ1) is 14.1. The molecule has 6 heteroatoms. The fourth-order valence-electron chi connectivity index (χ4n) is 1.89. The molecule has 19 heavy (non-hydrogen) atoms. The van der Waals surface area contributed by atoms with Gasteiger partial charge in [0.15, 0.2) is 11.5 Å². The lowest BCUT2D eigenvalue weighted by Gasteiger charge is -2.17. The lowest BCUT2D eigenvalue weighted by molar-refractivity contribution is 0.544. The number of aromatic nitrogens is 4. The fourth-order valence-corrected chi connectivity index (χ4v) is 2.05. The monoisotopic (exact) mass is 281 g/mol. The third kappa shape index (κ3) is 2.81. The first-order valence-corrected chi connectivity index (χ1v) is 7.11. The van der Waals surface area contributed by atoms with E-state index in [1.54, 1.807) is 0 Å². The number of hydrogen-bond acceptors (Lipinski definition) is 4. The molecule has 0 radical (unpaired) electrons. The Bertz CT molecular complexity index is 565. The third-order valence-electron chi connectivity index (χ3n) is 3.46. The molecule has 0 saturated carbocycles. The van der Waals surface area contributed by atoms with Crippen molar-refractivity contribution in [3.63, 3.8) is 0 Å². The van der Waals surface area contributed by atoms with E-state index in [1.807, 2.05) is 6.33 Å². The van der Waals surface area contributed by atoms with Gasteiger partial charge >= 0.3 is 0 Å². The summed E-state index contributed by atoms with van der Waals surface area (Å²) < 4.78 is 2.11. The van der Waals surface area contributed by atoms with Crippen LogP contribution in [0.2, 0.25) is 5.28 Å². The van der Waals surface area contributed by atoms with Crippen molar-refractivity contribution < 1.29 is 0 Å². The SMILES string of the molecule is CCC(C)Nc1nc(Cl)nc2ncn(C(C)CC)c12. The predicted octanol–water partition coefficient (Wildman–Crippen LogP) is 3.66. The minimum Gasteiger partial charge on any atom is -0.366 e. The topological polar surface area (TPSA) is 55.6 Å². The molecule has 0 aliphatic carbocycles. The Morgan fingerprint density at radius 2 is 2.00 bits per heavy atom. The highest BCUT2D eigenvalue weighted by Gasteiger charge is 2.16. The van der Waals surface area contributed by atoms with Gasteiger partial charge in [-0.25, -0.2) is 4.98 Å². The van der Waals surface area contributed by atoms with E-state index in [4.69, 9.17) is 11.6 Å². The van der Waals surface area contributed by atoms with E-state index in [0.29, 0.717) is 17.7 Å². The number of nitrogens with zero attached hydrogens (tertiary/aromatic N) is 4. The summed E-state index contributed by atoms with van der Waals surface area (Å²) in [4.78, 5) is 12.8. The van der Waals surface area contributed by atoms with E-state index >= 15 is 0 Å². The van der Waals surface area contributed by atoms with Gasteiger partial charge in [0.25, 0.3) is 0 Å². The lowest BCUT2D eigenvalue weighted by atomic mass is 10.2. The molecule has 5 nitrogen and oxygen atoms in total. The molecule has 2 rings (SSSR count). The Morgan fingerprint density at radius 1 is 1.26 bits per heavy atom. The number of halogens is 1. The summed E-state index contributed by atoms with van der Waals surface area (Å²) in [5.41, 5.74) is 1.57. The first-order chi connectivity index (χ1) is 9.06. The van der Waals surface area contributed by atoms with Crippen molar-refractivity contribution in [3.05, 3.63) is 11.6 Å². The minimum atomic E-state index is 0.229. The van der Waals surface area contributed by atoms with Crippen molar-refractivity contribution in [1.29, 1.82) is 0 Å². The number of hydrogen-bond donors (Lipinski definition) is 1. The standard InChI is InChI=1S/C13H20ClN5/c1-5-8(3)16-12-10-11(17-13(14)18-12)15-7-19(10)9(4)6-2/h7-9H,5-6H2,1-4H3,(H,16,17,18). The van der Waals surface area contributed by atoms with Crippen LogP contribution in [0.15, 0.2) is 6.33 Å². The molecule has 2 aromatic rings. The summed E-state index contributed by atoms with van der Waals surface area (Å²) in [6, 6.07) is 0.682. The zero-order valence-electron chi connectivity index (χ0n) is 11.8. The van der Waals surface area contributed by atoms with Crippen LogP contribution in [0.3, 0.4) is 0 Å². The van der Waals surface area contributed by atoms with E-state index in [2.05, 4.69) is 52.5 Å². The minimum absolute atomic E-state index is 0.229. The molecule has 0 amide bonds. The second-order valence-electron chi connectivity index (χ2n) is 4.88. The van der Waals surface area contributed by atoms with Gasteiger partial charge in [0.1, 0.15) is 5.52 Å². The molecule has 1 N–H and O–H groups in total. The van der Waals surface area contributed by atoms with Gasteiger partial charge in [0, 0.05) is 12.1 Å². The molecule has 0 spiro atoms. The molecule has 0 aliphatic rings. The second kappa shape index (κ2) is 5.74. The molecule has 2 unspecified atom stereocenters. The van der Waals surface area contributed by atoms with Crippen LogP contribution in [0.1, 0.15) is 46.6 Å². The molecule has 2 atom stereocenters. The van der Waals surface area contributed by atoms with Crippen molar-refractivity contribution in [2.75, 3.05) is 5.32 Å². The fraction of sp³-hybridized carbons (Fsp3) is 0.615. The van der Waals surface area contributed by atoms with Crippen LogP contribution in [0.5, 0.6) is 0 Å². The molecule has 104 valence electrons. The van der Waals surface area contributed by atoms with E-state index in [-0.39, 0.29) is 5.28 Å². The van der Waals surface area contributed by atoms with Crippen LogP contribution in [-0.4, -0.2) is 25.6 Å². The van der Waals surface area contributed by atoms with Crippen LogP contribution < -0.4 is 5.32 Å². The van der Waals surface area contributed by atoms with Gasteiger partial charge in [-0.2, -0.15) is 9.97 Å². The number of fused-ring (bicyclic) bond motifs is 1. The van der Waals surface area contributed by atoms with Gasteiger partial charge < -0.3 is 9.88 Å². The molecule has 2 heterocycles. The van der Waals surface area contributed by atoms with Crippen molar-refractivity contribution in [1.82, 2.24) is 19.5 Å². The normalized spacial score (nSPS) is 14.6. The van der Waals surface area contributed by atoms with Crippen LogP contribution in [0.25, 0.3) is 11.2 Å². The molecular formula is C13H20ClN5. The van der Waals surface area contributed by atoms with Crippen molar-refractivity contribution >= 4 is 28.6 Å². The molecule has 0 fully saturated rings. The van der Waals surface area contributed by atoms with E-state index in [1.165, 1.54) is 0 Å². The van der Waals surface area contributed by atoms with E-state index in [0.717, 1.165) is 24.2 Å². The van der Waals surface area contributed by atoms with Gasteiger partial charge in [-0.05, 0) is 38.3 Å². The highest BCUT2D eigenvalue weighted by Crippen LogP contribution is 2.26. The average molecular weight is 282 g/mol. The second-order valence-corrected chi connectivity index (χ2v) is 5.21. The summed E-state index contributed by atoms with van der Waals surface area (Å²) in [6.45, 7) is 8.55. The average Bonchev–Trinajstić information content (AvgIpc) is 2.81. The third-order valence-corrected chi connectivity index (χ3v) is 3.63. The van der Waals surface area contributed by atoms with Gasteiger partial charge in [0.05, 0.1) is 6.33 Å². The number of rotatable bonds is 5. The molecule has 0 saturated heterocycles. The molecule has 2 aromatic heterocycles. The number of imidazole rings is 1. The van der Waals surface area contributed by atoms with Crippen LogP contribution >= 0.6 is 11.6 Å². The predicted molar refractivity (Wildman–Crippen MR) is 78.7 cm³/mol. The quantitative estimate of drug-likeness (QED) is 0.850. The zero-order valence-corrected chi connectivity index (χ0v) is 12.6. The van der Waals surface area contributed by atoms with Crippen LogP contribution in [-0.2, 0) is 0 Å². The largest absolute Gasteiger partial charge is 0.366 e. The lowest BCUT2D eigenvalue weighted by Crippen LogP contribution is -2.16. The van der Waals surface area contributed by atoms with Gasteiger partial charge in [0.2, 0.25) is 5.28 Å². The summed E-state index contributed by atoms with van der Waals surface area (Å²) in [5, 5.41) is 3.61. The summed E-state index contributed by atoms with van der Waals surface area (Å²) in [5.74, 6) is 0.766. The number of nitrogens with one attached hydrogen (secondary N) is 1. The summed E-state index contributed by atoms with van der Waals surface area (Å²) in [6.07, 6.45) is 3.85. The van der Waals surface area contributed by atoms with Crippen molar-refractivity contribution in [2.45, 2.75) is 52.6 Å². The highest BCUT2D eigenvalue weighted by molar-refractivity contribution is 6.28. The van der Waals surface area contributed by atoms with E-state index < -0.39 is 0 Å². The highest BCUT2D eigenvalue weighted by atomic mass is 35.5. The Hall–Kier alpha value is -1.36. The van der Waals surface area contributed by atoms with Crippen molar-refractivity contribution in [3.8, 4) is 0 Å². The van der Waals surface area contributed by atoms with Crippen molar-refractivity contribution in [2.24, 2.45) is 0 Å².